The lowest BCUT2D eigenvalue weighted by Crippen LogP contribution is -2.30. The van der Waals surface area contributed by atoms with Crippen molar-refractivity contribution in [3.63, 3.8) is 0 Å². The molecule has 0 aliphatic carbocycles. The summed E-state index contributed by atoms with van der Waals surface area (Å²) in [4.78, 5) is 14.8. The molecular weight excluding hydrogens is 298 g/mol. The number of carbonyl (C=O) groups is 1. The highest BCUT2D eigenvalue weighted by Gasteiger charge is 2.19. The smallest absolute Gasteiger partial charge is 0.274 e. The standard InChI is InChI=1S/C20H21N3O/c1-2-23-14-13-19(21-23)20(24)22(15-17-9-5-3-6-10-17)16-18-11-7-4-8-12-18/h3-14H,2,15-16H2,1H3. The highest BCUT2D eigenvalue weighted by Crippen LogP contribution is 2.13. The molecule has 0 N–H and O–H groups in total. The van der Waals surface area contributed by atoms with Gasteiger partial charge in [-0.2, -0.15) is 5.10 Å². The Balaban J connectivity index is 1.84. The molecule has 0 unspecified atom stereocenters. The van der Waals surface area contributed by atoms with Crippen LogP contribution in [0.3, 0.4) is 0 Å². The van der Waals surface area contributed by atoms with Gasteiger partial charge in [-0.15, -0.1) is 0 Å². The zero-order valence-electron chi connectivity index (χ0n) is 13.8. The highest BCUT2D eigenvalue weighted by atomic mass is 16.2. The van der Waals surface area contributed by atoms with Gasteiger partial charge in [-0.25, -0.2) is 0 Å². The highest BCUT2D eigenvalue weighted by molar-refractivity contribution is 5.92. The van der Waals surface area contributed by atoms with Gasteiger partial charge < -0.3 is 4.90 Å². The van der Waals surface area contributed by atoms with Crippen LogP contribution in [0.25, 0.3) is 0 Å². The van der Waals surface area contributed by atoms with Gasteiger partial charge in [0.1, 0.15) is 5.69 Å². The van der Waals surface area contributed by atoms with E-state index in [1.54, 1.807) is 10.7 Å². The van der Waals surface area contributed by atoms with E-state index in [0.29, 0.717) is 18.8 Å². The van der Waals surface area contributed by atoms with Gasteiger partial charge in [-0.1, -0.05) is 60.7 Å². The molecule has 0 bridgehead atoms. The zero-order chi connectivity index (χ0) is 16.8. The van der Waals surface area contributed by atoms with Gasteiger partial charge in [0.15, 0.2) is 0 Å². The number of carbonyl (C=O) groups excluding carboxylic acids is 1. The fourth-order valence-electron chi connectivity index (χ4n) is 2.62. The van der Waals surface area contributed by atoms with Crippen molar-refractivity contribution >= 4 is 5.91 Å². The van der Waals surface area contributed by atoms with Crippen LogP contribution in [0.4, 0.5) is 0 Å². The second kappa shape index (κ2) is 7.59. The maximum Gasteiger partial charge on any atom is 0.274 e. The molecular formula is C20H21N3O. The lowest BCUT2D eigenvalue weighted by Gasteiger charge is -2.22. The summed E-state index contributed by atoms with van der Waals surface area (Å²) in [7, 11) is 0. The topological polar surface area (TPSA) is 38.1 Å². The first-order chi connectivity index (χ1) is 11.8. The quantitative estimate of drug-likeness (QED) is 0.694. The third-order valence-electron chi connectivity index (χ3n) is 3.90. The van der Waals surface area contributed by atoms with Gasteiger partial charge in [-0.05, 0) is 24.1 Å². The molecule has 4 nitrogen and oxygen atoms in total. The summed E-state index contributed by atoms with van der Waals surface area (Å²) < 4.78 is 1.77. The van der Waals surface area contributed by atoms with Crippen LogP contribution >= 0.6 is 0 Å². The fourth-order valence-corrected chi connectivity index (χ4v) is 2.62. The maximum absolute atomic E-state index is 12.9. The van der Waals surface area contributed by atoms with Gasteiger partial charge >= 0.3 is 0 Å². The van der Waals surface area contributed by atoms with Crippen LogP contribution in [0, 0.1) is 0 Å². The normalized spacial score (nSPS) is 10.5. The Morgan fingerprint density at radius 2 is 1.46 bits per heavy atom. The fraction of sp³-hybridized carbons (Fsp3) is 0.200. The van der Waals surface area contributed by atoms with Crippen LogP contribution in [-0.4, -0.2) is 20.6 Å². The van der Waals surface area contributed by atoms with Crippen molar-refractivity contribution in [1.29, 1.82) is 0 Å². The molecule has 3 rings (SSSR count). The lowest BCUT2D eigenvalue weighted by molar-refractivity contribution is 0.0723. The Kier molecular flexibility index (Phi) is 5.06. The molecule has 0 radical (unpaired) electrons. The van der Waals surface area contributed by atoms with E-state index in [2.05, 4.69) is 5.10 Å². The van der Waals surface area contributed by atoms with E-state index in [1.807, 2.05) is 78.7 Å². The Hall–Kier alpha value is -2.88. The molecule has 122 valence electrons. The Bertz CT molecular complexity index is 739. The van der Waals surface area contributed by atoms with Crippen LogP contribution in [0.1, 0.15) is 28.5 Å². The molecule has 0 aliphatic rings. The van der Waals surface area contributed by atoms with Gasteiger partial charge in [0.25, 0.3) is 5.91 Å². The molecule has 0 saturated carbocycles. The minimum Gasteiger partial charge on any atom is -0.329 e. The molecule has 24 heavy (non-hydrogen) atoms. The Morgan fingerprint density at radius 1 is 0.917 bits per heavy atom. The van der Waals surface area contributed by atoms with Gasteiger partial charge in [0.2, 0.25) is 0 Å². The van der Waals surface area contributed by atoms with Crippen molar-refractivity contribution in [1.82, 2.24) is 14.7 Å². The van der Waals surface area contributed by atoms with E-state index in [0.717, 1.165) is 17.7 Å². The van der Waals surface area contributed by atoms with E-state index in [9.17, 15) is 4.79 Å². The van der Waals surface area contributed by atoms with Crippen LogP contribution < -0.4 is 0 Å². The number of nitrogens with zero attached hydrogens (tertiary/aromatic N) is 3. The second-order valence-electron chi connectivity index (χ2n) is 5.69. The summed E-state index contributed by atoms with van der Waals surface area (Å²) in [5, 5.41) is 4.36. The first kappa shape index (κ1) is 16.0. The van der Waals surface area contributed by atoms with Crippen molar-refractivity contribution in [2.24, 2.45) is 0 Å². The SMILES string of the molecule is CCn1ccc(C(=O)N(Cc2ccccc2)Cc2ccccc2)n1. The average molecular weight is 319 g/mol. The minimum absolute atomic E-state index is 0.0464. The van der Waals surface area contributed by atoms with Crippen LogP contribution in [-0.2, 0) is 19.6 Å². The predicted octanol–water partition coefficient (Wildman–Crippen LogP) is 3.75. The number of rotatable bonds is 6. The third-order valence-corrected chi connectivity index (χ3v) is 3.90. The van der Waals surface area contributed by atoms with Crippen molar-refractivity contribution in [2.45, 2.75) is 26.6 Å². The molecule has 3 aromatic rings. The molecule has 1 aromatic heterocycles. The van der Waals surface area contributed by atoms with E-state index in [-0.39, 0.29) is 5.91 Å². The predicted molar refractivity (Wildman–Crippen MR) is 94.4 cm³/mol. The summed E-state index contributed by atoms with van der Waals surface area (Å²) in [6, 6.07) is 21.9. The molecule has 4 heteroatoms. The van der Waals surface area contributed by atoms with Gasteiger partial charge in [0, 0.05) is 25.8 Å². The van der Waals surface area contributed by atoms with Crippen LogP contribution in [0.15, 0.2) is 72.9 Å². The summed E-state index contributed by atoms with van der Waals surface area (Å²) >= 11 is 0. The van der Waals surface area contributed by atoms with Crippen molar-refractivity contribution in [2.75, 3.05) is 0 Å². The number of aromatic nitrogens is 2. The Morgan fingerprint density at radius 3 is 1.92 bits per heavy atom. The second-order valence-corrected chi connectivity index (χ2v) is 5.69. The largest absolute Gasteiger partial charge is 0.329 e. The summed E-state index contributed by atoms with van der Waals surface area (Å²) in [6.45, 7) is 3.89. The number of hydrogen-bond acceptors (Lipinski definition) is 2. The number of aryl methyl sites for hydroxylation is 1. The Labute approximate surface area is 142 Å². The molecule has 0 aliphatic heterocycles. The zero-order valence-corrected chi connectivity index (χ0v) is 13.8. The molecule has 0 saturated heterocycles. The molecule has 0 fully saturated rings. The summed E-state index contributed by atoms with van der Waals surface area (Å²) in [6.07, 6.45) is 1.84. The molecule has 2 aromatic carbocycles. The number of amides is 1. The van der Waals surface area contributed by atoms with E-state index in [1.165, 1.54) is 0 Å². The monoisotopic (exact) mass is 319 g/mol. The van der Waals surface area contributed by atoms with E-state index in [4.69, 9.17) is 0 Å². The minimum atomic E-state index is -0.0464. The number of benzene rings is 2. The van der Waals surface area contributed by atoms with Crippen LogP contribution in [0.5, 0.6) is 0 Å². The summed E-state index contributed by atoms with van der Waals surface area (Å²) in [5.74, 6) is -0.0464. The van der Waals surface area contributed by atoms with E-state index < -0.39 is 0 Å². The first-order valence-electron chi connectivity index (χ1n) is 8.17. The van der Waals surface area contributed by atoms with Crippen molar-refractivity contribution in [3.05, 3.63) is 89.7 Å². The average Bonchev–Trinajstić information content (AvgIpc) is 3.11. The van der Waals surface area contributed by atoms with Crippen molar-refractivity contribution < 1.29 is 4.79 Å². The maximum atomic E-state index is 12.9. The van der Waals surface area contributed by atoms with Gasteiger partial charge in [0.05, 0.1) is 0 Å². The first-order valence-corrected chi connectivity index (χ1v) is 8.17. The molecule has 0 spiro atoms. The summed E-state index contributed by atoms with van der Waals surface area (Å²) in [5.41, 5.74) is 2.71. The van der Waals surface area contributed by atoms with E-state index >= 15 is 0 Å². The molecule has 0 atom stereocenters. The molecule has 1 heterocycles. The molecule has 1 amide bonds. The van der Waals surface area contributed by atoms with Crippen molar-refractivity contribution in [3.8, 4) is 0 Å². The van der Waals surface area contributed by atoms with Gasteiger partial charge in [-0.3, -0.25) is 9.48 Å². The van der Waals surface area contributed by atoms with Crippen LogP contribution in [0.2, 0.25) is 0 Å². The number of hydrogen-bond donors (Lipinski definition) is 0. The third kappa shape index (κ3) is 3.90. The lowest BCUT2D eigenvalue weighted by atomic mass is 10.1.